The van der Waals surface area contributed by atoms with Crippen molar-refractivity contribution in [2.24, 2.45) is 0 Å². The lowest BCUT2D eigenvalue weighted by Gasteiger charge is -2.13. The van der Waals surface area contributed by atoms with Gasteiger partial charge in [-0.25, -0.2) is 0 Å². The third-order valence-corrected chi connectivity index (χ3v) is 8.43. The standard InChI is InChI=1S/C38H25N3/c1-2-14-27(15-3-1)41-34-22-9-6-19-31(34)36-35-23-10-11-24-39(35)37(38(36)41)26-13-12-16-28(25-26)40-32-20-7-4-17-29(32)30-18-5-8-21-33(30)40/h1-25H. The number of hydrogen-bond acceptors (Lipinski definition) is 0. The maximum atomic E-state index is 2.43. The van der Waals surface area contributed by atoms with Crippen LogP contribution in [0.3, 0.4) is 0 Å². The zero-order valence-electron chi connectivity index (χ0n) is 22.3. The van der Waals surface area contributed by atoms with Gasteiger partial charge in [0.15, 0.2) is 0 Å². The van der Waals surface area contributed by atoms with Gasteiger partial charge in [-0.05, 0) is 54.6 Å². The summed E-state index contributed by atoms with van der Waals surface area (Å²) < 4.78 is 7.19. The first-order chi connectivity index (χ1) is 20.4. The van der Waals surface area contributed by atoms with E-state index in [1.165, 1.54) is 60.4 Å². The quantitative estimate of drug-likeness (QED) is 0.219. The Kier molecular flexibility index (Phi) is 4.61. The third kappa shape index (κ3) is 3.09. The lowest BCUT2D eigenvalue weighted by Crippen LogP contribution is -1.98. The monoisotopic (exact) mass is 523 g/mol. The second kappa shape index (κ2) is 8.48. The fourth-order valence-corrected chi connectivity index (χ4v) is 6.79. The normalized spacial score (nSPS) is 11.9. The van der Waals surface area contributed by atoms with Gasteiger partial charge in [0.1, 0.15) is 0 Å². The Bertz CT molecular complexity index is 2360. The predicted octanol–water partition coefficient (Wildman–Crippen LogP) is 9.80. The van der Waals surface area contributed by atoms with E-state index in [4.69, 9.17) is 0 Å². The molecule has 0 radical (unpaired) electrons. The molecule has 0 aliphatic carbocycles. The van der Waals surface area contributed by atoms with E-state index in [2.05, 4.69) is 165 Å². The summed E-state index contributed by atoms with van der Waals surface area (Å²) in [6.07, 6.45) is 2.20. The van der Waals surface area contributed by atoms with E-state index >= 15 is 0 Å². The van der Waals surface area contributed by atoms with Crippen LogP contribution >= 0.6 is 0 Å². The number of pyridine rings is 1. The summed E-state index contributed by atoms with van der Waals surface area (Å²) in [7, 11) is 0. The van der Waals surface area contributed by atoms with Gasteiger partial charge in [0.2, 0.25) is 0 Å². The Morgan fingerprint density at radius 2 is 0.951 bits per heavy atom. The number of rotatable bonds is 3. The van der Waals surface area contributed by atoms with Gasteiger partial charge in [-0.2, -0.15) is 0 Å². The molecule has 192 valence electrons. The van der Waals surface area contributed by atoms with Crippen LogP contribution < -0.4 is 0 Å². The Labute approximate surface area is 236 Å². The maximum Gasteiger partial charge on any atom is 0.0809 e. The molecule has 4 heterocycles. The number of para-hydroxylation sites is 4. The fraction of sp³-hybridized carbons (Fsp3) is 0. The van der Waals surface area contributed by atoms with Gasteiger partial charge in [0.05, 0.1) is 33.3 Å². The molecular weight excluding hydrogens is 498 g/mol. The van der Waals surface area contributed by atoms with Gasteiger partial charge in [-0.1, -0.05) is 91.0 Å². The average molecular weight is 524 g/mol. The number of fused-ring (bicyclic) bond motifs is 8. The van der Waals surface area contributed by atoms with Crippen molar-refractivity contribution in [1.29, 1.82) is 0 Å². The molecule has 3 heteroatoms. The van der Waals surface area contributed by atoms with E-state index in [1.807, 2.05) is 0 Å². The van der Waals surface area contributed by atoms with Gasteiger partial charge in [0.25, 0.3) is 0 Å². The first-order valence-corrected chi connectivity index (χ1v) is 14.0. The number of aromatic nitrogens is 3. The zero-order chi connectivity index (χ0) is 26.9. The van der Waals surface area contributed by atoms with Gasteiger partial charge >= 0.3 is 0 Å². The summed E-state index contributed by atoms with van der Waals surface area (Å²) in [4.78, 5) is 0. The lowest BCUT2D eigenvalue weighted by atomic mass is 10.1. The Morgan fingerprint density at radius 3 is 1.68 bits per heavy atom. The highest BCUT2D eigenvalue weighted by Crippen LogP contribution is 2.43. The van der Waals surface area contributed by atoms with Crippen LogP contribution in [0.1, 0.15) is 0 Å². The summed E-state index contributed by atoms with van der Waals surface area (Å²) in [6, 6.07) is 52.4. The van der Waals surface area contributed by atoms with Crippen molar-refractivity contribution >= 4 is 49.1 Å². The highest BCUT2D eigenvalue weighted by Gasteiger charge is 2.23. The first kappa shape index (κ1) is 22.3. The molecule has 0 saturated heterocycles. The number of nitrogens with zero attached hydrogens (tertiary/aromatic N) is 3. The summed E-state index contributed by atoms with van der Waals surface area (Å²) in [5.74, 6) is 0. The molecule has 0 bridgehead atoms. The topological polar surface area (TPSA) is 14.3 Å². The highest BCUT2D eigenvalue weighted by molar-refractivity contribution is 6.21. The molecule has 0 aliphatic heterocycles. The van der Waals surface area contributed by atoms with E-state index in [1.54, 1.807) is 0 Å². The molecule has 0 aliphatic rings. The van der Waals surface area contributed by atoms with Crippen LogP contribution in [0, 0.1) is 0 Å². The molecule has 0 saturated carbocycles. The second-order valence-corrected chi connectivity index (χ2v) is 10.6. The smallest absolute Gasteiger partial charge is 0.0809 e. The molecule has 9 aromatic rings. The van der Waals surface area contributed by atoms with Crippen LogP contribution in [0.5, 0.6) is 0 Å². The van der Waals surface area contributed by atoms with E-state index in [0.717, 1.165) is 11.4 Å². The molecule has 9 rings (SSSR count). The molecule has 0 N–H and O–H groups in total. The molecule has 0 amide bonds. The van der Waals surface area contributed by atoms with Gasteiger partial charge < -0.3 is 13.5 Å². The molecule has 41 heavy (non-hydrogen) atoms. The van der Waals surface area contributed by atoms with Crippen molar-refractivity contribution in [3.8, 4) is 22.6 Å². The van der Waals surface area contributed by atoms with Gasteiger partial charge in [0, 0.05) is 44.7 Å². The van der Waals surface area contributed by atoms with Crippen LogP contribution in [-0.2, 0) is 0 Å². The van der Waals surface area contributed by atoms with Crippen LogP contribution in [0.4, 0.5) is 0 Å². The number of hydrogen-bond donors (Lipinski definition) is 0. The van der Waals surface area contributed by atoms with Gasteiger partial charge in [-0.3, -0.25) is 0 Å². The second-order valence-electron chi connectivity index (χ2n) is 10.6. The number of benzene rings is 5. The van der Waals surface area contributed by atoms with Crippen LogP contribution in [0.15, 0.2) is 152 Å². The minimum Gasteiger partial charge on any atom is -0.314 e. The Hall–Kier alpha value is -5.54. The van der Waals surface area contributed by atoms with E-state index in [9.17, 15) is 0 Å². The summed E-state index contributed by atoms with van der Waals surface area (Å²) >= 11 is 0. The minimum atomic E-state index is 1.15. The van der Waals surface area contributed by atoms with Crippen molar-refractivity contribution in [3.63, 3.8) is 0 Å². The van der Waals surface area contributed by atoms with Crippen molar-refractivity contribution < 1.29 is 0 Å². The summed E-state index contributed by atoms with van der Waals surface area (Å²) in [5, 5.41) is 5.09. The summed E-state index contributed by atoms with van der Waals surface area (Å²) in [5.41, 5.74) is 10.8. The van der Waals surface area contributed by atoms with Crippen LogP contribution in [0.25, 0.3) is 71.8 Å². The van der Waals surface area contributed by atoms with Crippen LogP contribution in [0.2, 0.25) is 0 Å². The van der Waals surface area contributed by atoms with E-state index in [-0.39, 0.29) is 0 Å². The van der Waals surface area contributed by atoms with Crippen molar-refractivity contribution in [3.05, 3.63) is 152 Å². The van der Waals surface area contributed by atoms with Crippen molar-refractivity contribution in [2.75, 3.05) is 0 Å². The maximum absolute atomic E-state index is 2.43. The van der Waals surface area contributed by atoms with Crippen molar-refractivity contribution in [2.45, 2.75) is 0 Å². The third-order valence-electron chi connectivity index (χ3n) is 8.43. The molecule has 0 fully saturated rings. The zero-order valence-corrected chi connectivity index (χ0v) is 22.3. The molecule has 5 aromatic carbocycles. The van der Waals surface area contributed by atoms with Crippen molar-refractivity contribution in [1.82, 2.24) is 13.5 Å². The summed E-state index contributed by atoms with van der Waals surface area (Å²) in [6.45, 7) is 0. The molecule has 0 atom stereocenters. The Balaban J connectivity index is 1.41. The molecular formula is C38H25N3. The lowest BCUT2D eigenvalue weighted by molar-refractivity contribution is 1.15. The minimum absolute atomic E-state index is 1.15. The van der Waals surface area contributed by atoms with Crippen LogP contribution in [-0.4, -0.2) is 13.5 Å². The molecule has 0 unspecified atom stereocenters. The highest BCUT2D eigenvalue weighted by atomic mass is 15.0. The molecule has 4 aromatic heterocycles. The Morgan fingerprint density at radius 1 is 0.390 bits per heavy atom. The first-order valence-electron chi connectivity index (χ1n) is 14.0. The predicted molar refractivity (Wildman–Crippen MR) is 172 cm³/mol. The SMILES string of the molecule is c1ccc(-n2c3ccccc3c3c2c(-c2cccc(-n4c5ccccc5c5ccccc54)c2)n2ccccc32)cc1. The van der Waals surface area contributed by atoms with E-state index in [0.29, 0.717) is 0 Å². The molecule has 0 spiro atoms. The fourth-order valence-electron chi connectivity index (χ4n) is 6.79. The largest absolute Gasteiger partial charge is 0.314 e. The average Bonchev–Trinajstić information content (AvgIpc) is 3.67. The van der Waals surface area contributed by atoms with Gasteiger partial charge in [-0.15, -0.1) is 0 Å². The molecule has 3 nitrogen and oxygen atoms in total. The van der Waals surface area contributed by atoms with E-state index < -0.39 is 0 Å².